The highest BCUT2D eigenvalue weighted by Gasteiger charge is 2.33. The van der Waals surface area contributed by atoms with E-state index >= 15 is 0 Å². The summed E-state index contributed by atoms with van der Waals surface area (Å²) in [7, 11) is 0. The van der Waals surface area contributed by atoms with Crippen LogP contribution in [0.5, 0.6) is 0 Å². The third-order valence-corrected chi connectivity index (χ3v) is 7.24. The molecule has 12 nitrogen and oxygen atoms in total. The van der Waals surface area contributed by atoms with Gasteiger partial charge in [-0.15, -0.1) is 0 Å². The molecule has 4 rings (SSSR count). The Kier molecular flexibility index (Phi) is 9.65. The van der Waals surface area contributed by atoms with Crippen LogP contribution in [0.15, 0.2) is 36.4 Å². The second-order valence-corrected chi connectivity index (χ2v) is 9.94. The molecule has 0 bridgehead atoms. The summed E-state index contributed by atoms with van der Waals surface area (Å²) in [4.78, 5) is 62.4. The first-order valence-corrected chi connectivity index (χ1v) is 13.6. The minimum atomic E-state index is -1.10. The Balaban J connectivity index is 1.55. The van der Waals surface area contributed by atoms with Crippen molar-refractivity contribution in [3.8, 4) is 11.4 Å². The number of carboxylic acids is 1. The number of amides is 3. The average Bonchev–Trinajstić information content (AvgIpc) is 3.40. The van der Waals surface area contributed by atoms with Gasteiger partial charge < -0.3 is 30.1 Å². The molecular formula is C28H35N5O7. The van der Waals surface area contributed by atoms with Gasteiger partial charge in [-0.3, -0.25) is 14.4 Å². The second kappa shape index (κ2) is 13.3. The van der Waals surface area contributed by atoms with Gasteiger partial charge in [0.1, 0.15) is 11.7 Å². The highest BCUT2D eigenvalue weighted by atomic mass is 16.6. The fourth-order valence-electron chi connectivity index (χ4n) is 5.08. The zero-order chi connectivity index (χ0) is 28.6. The number of rotatable bonds is 9. The number of hydrogen-bond acceptors (Lipinski definition) is 8. The Morgan fingerprint density at radius 3 is 2.38 bits per heavy atom. The lowest BCUT2D eigenvalue weighted by Crippen LogP contribution is -2.56. The Labute approximate surface area is 232 Å². The molecule has 2 aromatic rings. The molecule has 1 aliphatic carbocycles. The number of aliphatic hydroxyl groups is 1. The first-order chi connectivity index (χ1) is 19.3. The first kappa shape index (κ1) is 28.9. The van der Waals surface area contributed by atoms with Crippen molar-refractivity contribution in [2.45, 2.75) is 57.1 Å². The summed E-state index contributed by atoms with van der Waals surface area (Å²) in [6.45, 7) is 2.95. The quantitative estimate of drug-likeness (QED) is 0.422. The lowest BCUT2D eigenvalue weighted by molar-refractivity contribution is -0.138. The van der Waals surface area contributed by atoms with Gasteiger partial charge in [0.15, 0.2) is 5.82 Å². The topological polar surface area (TPSA) is 162 Å². The van der Waals surface area contributed by atoms with Crippen molar-refractivity contribution in [2.75, 3.05) is 32.8 Å². The molecular weight excluding hydrogens is 518 g/mol. The smallest absolute Gasteiger partial charge is 0.409 e. The lowest BCUT2D eigenvalue weighted by Gasteiger charge is -2.35. The van der Waals surface area contributed by atoms with Crippen LogP contribution in [0.25, 0.3) is 11.4 Å². The Bertz CT molecular complexity index is 1220. The van der Waals surface area contributed by atoms with Crippen molar-refractivity contribution in [2.24, 2.45) is 0 Å². The monoisotopic (exact) mass is 553 g/mol. The number of aliphatic hydroxyl groups excluding tert-OH is 1. The fraction of sp³-hybridized carbons (Fsp3) is 0.500. The van der Waals surface area contributed by atoms with Crippen molar-refractivity contribution in [1.29, 1.82) is 0 Å². The van der Waals surface area contributed by atoms with Gasteiger partial charge in [-0.2, -0.15) is 0 Å². The second-order valence-electron chi connectivity index (χ2n) is 9.94. The van der Waals surface area contributed by atoms with E-state index in [1.54, 1.807) is 6.92 Å². The number of aliphatic carboxylic acids is 1. The maximum absolute atomic E-state index is 13.5. The van der Waals surface area contributed by atoms with Gasteiger partial charge in [-0.25, -0.2) is 14.8 Å². The third kappa shape index (κ3) is 7.12. The number of nitrogens with one attached hydrogen (secondary N) is 1. The zero-order valence-corrected chi connectivity index (χ0v) is 22.5. The summed E-state index contributed by atoms with van der Waals surface area (Å²) in [5.41, 5.74) is 1.28. The van der Waals surface area contributed by atoms with E-state index in [9.17, 15) is 29.4 Å². The standard InChI is InChI=1S/C28H35N5O7/c1-2-40-28(39)33-15-13-32(14-16-33)27(38)20(11-12-24(35)36)31-26(37)22-17-21(19-9-6-10-23(19)34)29-25(30-22)18-7-4-3-5-8-18/h3-5,7-8,17,19-20,23,34H,2,6,9-16H2,1H3,(H,31,37)(H,35,36). The highest BCUT2D eigenvalue weighted by Crippen LogP contribution is 2.34. The van der Waals surface area contributed by atoms with E-state index in [0.717, 1.165) is 12.8 Å². The van der Waals surface area contributed by atoms with E-state index in [-0.39, 0.29) is 57.2 Å². The van der Waals surface area contributed by atoms with Crippen LogP contribution in [0.1, 0.15) is 61.1 Å². The van der Waals surface area contributed by atoms with Crippen LogP contribution in [0, 0.1) is 0 Å². The molecule has 214 valence electrons. The van der Waals surface area contributed by atoms with Crippen LogP contribution in [0.2, 0.25) is 0 Å². The largest absolute Gasteiger partial charge is 0.481 e. The molecule has 3 N–H and O–H groups in total. The molecule has 40 heavy (non-hydrogen) atoms. The SMILES string of the molecule is CCOC(=O)N1CCN(C(=O)C(CCC(=O)O)NC(=O)c2cc(C3CCCC3O)nc(-c3ccccc3)n2)CC1. The summed E-state index contributed by atoms with van der Waals surface area (Å²) in [6.07, 6.45) is 0.754. The number of ether oxygens (including phenoxy) is 1. The van der Waals surface area contributed by atoms with Crippen molar-refractivity contribution in [3.05, 3.63) is 47.8 Å². The van der Waals surface area contributed by atoms with E-state index in [0.29, 0.717) is 23.5 Å². The maximum atomic E-state index is 13.5. The van der Waals surface area contributed by atoms with Gasteiger partial charge in [0.05, 0.1) is 18.4 Å². The van der Waals surface area contributed by atoms with E-state index in [1.165, 1.54) is 15.9 Å². The Morgan fingerprint density at radius 2 is 1.75 bits per heavy atom. The molecule has 3 atom stereocenters. The van der Waals surface area contributed by atoms with Crippen LogP contribution in [0.3, 0.4) is 0 Å². The zero-order valence-electron chi connectivity index (χ0n) is 22.5. The van der Waals surface area contributed by atoms with Crippen LogP contribution >= 0.6 is 0 Å². The number of carboxylic acid groups (broad SMARTS) is 1. The van der Waals surface area contributed by atoms with Crippen LogP contribution in [0.4, 0.5) is 4.79 Å². The molecule has 2 fully saturated rings. The molecule has 2 aliphatic rings. The number of carbonyl (C=O) groups is 4. The molecule has 1 aromatic heterocycles. The molecule has 12 heteroatoms. The van der Waals surface area contributed by atoms with E-state index in [2.05, 4.69) is 15.3 Å². The van der Waals surface area contributed by atoms with E-state index < -0.39 is 36.0 Å². The molecule has 0 radical (unpaired) electrons. The number of nitrogens with zero attached hydrogens (tertiary/aromatic N) is 4. The van der Waals surface area contributed by atoms with E-state index in [1.807, 2.05) is 30.3 Å². The molecule has 3 amide bonds. The molecule has 1 aromatic carbocycles. The van der Waals surface area contributed by atoms with Gasteiger partial charge in [-0.1, -0.05) is 36.8 Å². The highest BCUT2D eigenvalue weighted by molar-refractivity contribution is 5.96. The van der Waals surface area contributed by atoms with Gasteiger partial charge in [0.25, 0.3) is 5.91 Å². The molecule has 1 saturated heterocycles. The Morgan fingerprint density at radius 1 is 1.05 bits per heavy atom. The van der Waals surface area contributed by atoms with Crippen molar-refractivity contribution < 1.29 is 34.1 Å². The minimum absolute atomic E-state index is 0.0307. The fourth-order valence-corrected chi connectivity index (χ4v) is 5.08. The third-order valence-electron chi connectivity index (χ3n) is 7.24. The summed E-state index contributed by atoms with van der Waals surface area (Å²) in [5, 5.41) is 22.5. The first-order valence-electron chi connectivity index (χ1n) is 13.6. The van der Waals surface area contributed by atoms with Crippen molar-refractivity contribution in [3.63, 3.8) is 0 Å². The summed E-state index contributed by atoms with van der Waals surface area (Å²) >= 11 is 0. The number of aromatic nitrogens is 2. The minimum Gasteiger partial charge on any atom is -0.481 e. The van der Waals surface area contributed by atoms with Gasteiger partial charge in [0.2, 0.25) is 5.91 Å². The summed E-state index contributed by atoms with van der Waals surface area (Å²) in [5.74, 6) is -2.07. The van der Waals surface area contributed by atoms with Crippen LogP contribution < -0.4 is 5.32 Å². The predicted octanol–water partition coefficient (Wildman–Crippen LogP) is 2.04. The number of piperazine rings is 1. The lowest BCUT2D eigenvalue weighted by atomic mass is 10.00. The molecule has 1 saturated carbocycles. The molecule has 2 heterocycles. The van der Waals surface area contributed by atoms with Gasteiger partial charge in [0, 0.05) is 44.1 Å². The molecule has 0 spiro atoms. The predicted molar refractivity (Wildman–Crippen MR) is 143 cm³/mol. The van der Waals surface area contributed by atoms with Crippen LogP contribution in [-0.2, 0) is 14.3 Å². The average molecular weight is 554 g/mol. The van der Waals surface area contributed by atoms with Gasteiger partial charge in [-0.05, 0) is 32.3 Å². The molecule has 3 unspecified atom stereocenters. The van der Waals surface area contributed by atoms with Crippen molar-refractivity contribution in [1.82, 2.24) is 25.1 Å². The molecule has 1 aliphatic heterocycles. The maximum Gasteiger partial charge on any atom is 0.409 e. The Hall–Kier alpha value is -4.06. The summed E-state index contributed by atoms with van der Waals surface area (Å²) < 4.78 is 5.02. The summed E-state index contributed by atoms with van der Waals surface area (Å²) in [6, 6.07) is 9.59. The van der Waals surface area contributed by atoms with Gasteiger partial charge >= 0.3 is 12.1 Å². The number of benzene rings is 1. The normalized spacial score (nSPS) is 19.6. The number of hydrogen-bond donors (Lipinski definition) is 3. The van der Waals surface area contributed by atoms with E-state index in [4.69, 9.17) is 4.74 Å². The number of carbonyl (C=O) groups excluding carboxylic acids is 3. The van der Waals surface area contributed by atoms with Crippen LogP contribution in [-0.4, -0.2) is 98.8 Å². The van der Waals surface area contributed by atoms with Crippen molar-refractivity contribution >= 4 is 23.9 Å².